The summed E-state index contributed by atoms with van der Waals surface area (Å²) >= 11 is 0. The number of hydrogen-bond acceptors (Lipinski definition) is 2. The number of benzene rings is 1. The molecule has 0 aromatic heterocycles. The first-order valence-corrected chi connectivity index (χ1v) is 7.29. The molecule has 0 aliphatic carbocycles. The van der Waals surface area contributed by atoms with E-state index in [9.17, 15) is 14.0 Å². The lowest BCUT2D eigenvalue weighted by molar-refractivity contribution is -0.134. The molecule has 4 nitrogen and oxygen atoms in total. The predicted molar refractivity (Wildman–Crippen MR) is 80.3 cm³/mol. The van der Waals surface area contributed by atoms with Crippen molar-refractivity contribution in [2.24, 2.45) is 0 Å². The number of nitrogens with zero attached hydrogens (tertiary/aromatic N) is 1. The van der Waals surface area contributed by atoms with Gasteiger partial charge in [-0.25, -0.2) is 4.39 Å². The Labute approximate surface area is 125 Å². The summed E-state index contributed by atoms with van der Waals surface area (Å²) in [6.45, 7) is 4.70. The van der Waals surface area contributed by atoms with Gasteiger partial charge in [-0.3, -0.25) is 9.59 Å². The van der Waals surface area contributed by atoms with Gasteiger partial charge in [-0.05, 0) is 30.5 Å². The van der Waals surface area contributed by atoms with Crippen molar-refractivity contribution in [3.63, 3.8) is 0 Å². The van der Waals surface area contributed by atoms with E-state index >= 15 is 0 Å². The van der Waals surface area contributed by atoms with E-state index < -0.39 is 0 Å². The fourth-order valence-electron chi connectivity index (χ4n) is 1.92. The van der Waals surface area contributed by atoms with Crippen molar-refractivity contribution in [3.05, 3.63) is 35.6 Å². The second-order valence-corrected chi connectivity index (χ2v) is 5.02. The molecule has 0 heterocycles. The van der Waals surface area contributed by atoms with E-state index in [2.05, 4.69) is 5.32 Å². The number of rotatable bonds is 8. The van der Waals surface area contributed by atoms with E-state index in [0.717, 1.165) is 18.4 Å². The number of carbonyl (C=O) groups excluding carboxylic acids is 2. The summed E-state index contributed by atoms with van der Waals surface area (Å²) in [5.41, 5.74) is 0.964. The number of carbonyl (C=O) groups is 2. The Morgan fingerprint density at radius 1 is 1.24 bits per heavy atom. The molecule has 2 amide bonds. The van der Waals surface area contributed by atoms with E-state index in [0.29, 0.717) is 19.5 Å². The molecule has 0 aliphatic heterocycles. The minimum Gasteiger partial charge on any atom is -0.354 e. The van der Waals surface area contributed by atoms with Crippen LogP contribution in [0.4, 0.5) is 4.39 Å². The highest BCUT2D eigenvalue weighted by Gasteiger charge is 2.12. The molecule has 1 N–H and O–H groups in total. The van der Waals surface area contributed by atoms with Crippen molar-refractivity contribution in [3.8, 4) is 0 Å². The SMILES string of the molecule is CCCCN(CC(=O)NCCc1ccc(F)cc1)C(C)=O. The second-order valence-electron chi connectivity index (χ2n) is 5.02. The standard InChI is InChI=1S/C16H23FN2O2/c1-3-4-11-19(13(2)20)12-16(21)18-10-9-14-5-7-15(17)8-6-14/h5-8H,3-4,9-12H2,1-2H3,(H,18,21). The molecule has 0 saturated carbocycles. The molecule has 0 radical (unpaired) electrons. The number of unbranched alkanes of at least 4 members (excludes halogenated alkanes) is 1. The molecule has 0 fully saturated rings. The maximum atomic E-state index is 12.8. The molecule has 1 aromatic carbocycles. The Hall–Kier alpha value is -1.91. The molecule has 0 spiro atoms. The van der Waals surface area contributed by atoms with Crippen LogP contribution in [0.1, 0.15) is 32.3 Å². The Bertz CT molecular complexity index is 460. The lowest BCUT2D eigenvalue weighted by Crippen LogP contribution is -2.40. The molecule has 0 atom stereocenters. The van der Waals surface area contributed by atoms with Crippen LogP contribution in [0.15, 0.2) is 24.3 Å². The number of nitrogens with one attached hydrogen (secondary N) is 1. The van der Waals surface area contributed by atoms with Gasteiger partial charge >= 0.3 is 0 Å². The highest BCUT2D eigenvalue weighted by molar-refractivity contribution is 5.83. The van der Waals surface area contributed by atoms with Crippen molar-refractivity contribution in [2.75, 3.05) is 19.6 Å². The minimum absolute atomic E-state index is 0.0860. The maximum absolute atomic E-state index is 12.8. The fraction of sp³-hybridized carbons (Fsp3) is 0.500. The highest BCUT2D eigenvalue weighted by atomic mass is 19.1. The molecule has 1 aromatic rings. The largest absolute Gasteiger partial charge is 0.354 e. The summed E-state index contributed by atoms with van der Waals surface area (Å²) in [5.74, 6) is -0.517. The Kier molecular flexibility index (Phi) is 7.43. The van der Waals surface area contributed by atoms with Crippen LogP contribution in [0.3, 0.4) is 0 Å². The van der Waals surface area contributed by atoms with E-state index in [1.54, 1.807) is 17.0 Å². The number of halogens is 1. The van der Waals surface area contributed by atoms with Crippen LogP contribution in [0.25, 0.3) is 0 Å². The minimum atomic E-state index is -0.268. The average Bonchev–Trinajstić information content (AvgIpc) is 2.45. The van der Waals surface area contributed by atoms with E-state index in [-0.39, 0.29) is 24.2 Å². The number of hydrogen-bond donors (Lipinski definition) is 1. The van der Waals surface area contributed by atoms with Crippen molar-refractivity contribution < 1.29 is 14.0 Å². The zero-order valence-electron chi connectivity index (χ0n) is 12.7. The van der Waals surface area contributed by atoms with Gasteiger partial charge in [0.15, 0.2) is 0 Å². The molecule has 0 aliphatic rings. The van der Waals surface area contributed by atoms with Crippen LogP contribution >= 0.6 is 0 Å². The molecule has 0 saturated heterocycles. The van der Waals surface area contributed by atoms with Gasteiger partial charge in [-0.15, -0.1) is 0 Å². The summed E-state index contributed by atoms with van der Waals surface area (Å²) in [7, 11) is 0. The van der Waals surface area contributed by atoms with Crippen LogP contribution < -0.4 is 5.32 Å². The van der Waals surface area contributed by atoms with Gasteiger partial charge in [0, 0.05) is 20.0 Å². The summed E-state index contributed by atoms with van der Waals surface area (Å²) in [6.07, 6.45) is 2.51. The zero-order valence-corrected chi connectivity index (χ0v) is 12.7. The summed E-state index contributed by atoms with van der Waals surface area (Å²) in [5, 5.41) is 2.78. The lowest BCUT2D eigenvalue weighted by atomic mass is 10.1. The Morgan fingerprint density at radius 3 is 2.48 bits per heavy atom. The lowest BCUT2D eigenvalue weighted by Gasteiger charge is -2.20. The third kappa shape index (κ3) is 6.88. The normalized spacial score (nSPS) is 10.2. The van der Waals surface area contributed by atoms with Gasteiger partial charge < -0.3 is 10.2 Å². The third-order valence-electron chi connectivity index (χ3n) is 3.21. The summed E-state index contributed by atoms with van der Waals surface area (Å²) < 4.78 is 12.8. The molecule has 1 rings (SSSR count). The van der Waals surface area contributed by atoms with Crippen LogP contribution in [0.2, 0.25) is 0 Å². The molecule has 0 unspecified atom stereocenters. The molecule has 116 valence electrons. The molecular formula is C16H23FN2O2. The van der Waals surface area contributed by atoms with Crippen molar-refractivity contribution in [2.45, 2.75) is 33.1 Å². The molecule has 21 heavy (non-hydrogen) atoms. The van der Waals surface area contributed by atoms with E-state index in [1.165, 1.54) is 19.1 Å². The van der Waals surface area contributed by atoms with Gasteiger partial charge in [0.05, 0.1) is 6.54 Å². The van der Waals surface area contributed by atoms with E-state index in [1.807, 2.05) is 6.92 Å². The summed E-state index contributed by atoms with van der Waals surface area (Å²) in [6, 6.07) is 6.20. The first-order valence-electron chi connectivity index (χ1n) is 7.29. The van der Waals surface area contributed by atoms with Crippen molar-refractivity contribution in [1.29, 1.82) is 0 Å². The topological polar surface area (TPSA) is 49.4 Å². The van der Waals surface area contributed by atoms with Crippen LogP contribution in [0.5, 0.6) is 0 Å². The molecular weight excluding hydrogens is 271 g/mol. The van der Waals surface area contributed by atoms with Gasteiger partial charge in [0.1, 0.15) is 5.82 Å². The predicted octanol–water partition coefficient (Wildman–Crippen LogP) is 2.13. The maximum Gasteiger partial charge on any atom is 0.239 e. The fourth-order valence-corrected chi connectivity index (χ4v) is 1.92. The van der Waals surface area contributed by atoms with Crippen molar-refractivity contribution in [1.82, 2.24) is 10.2 Å². The zero-order chi connectivity index (χ0) is 15.7. The monoisotopic (exact) mass is 294 g/mol. The Balaban J connectivity index is 2.32. The van der Waals surface area contributed by atoms with Gasteiger partial charge in [0.25, 0.3) is 0 Å². The molecule has 0 bridgehead atoms. The summed E-state index contributed by atoms with van der Waals surface area (Å²) in [4.78, 5) is 24.8. The number of amides is 2. The van der Waals surface area contributed by atoms with Gasteiger partial charge in [0.2, 0.25) is 11.8 Å². The van der Waals surface area contributed by atoms with Crippen molar-refractivity contribution >= 4 is 11.8 Å². The van der Waals surface area contributed by atoms with Crippen LogP contribution in [0, 0.1) is 5.82 Å². The quantitative estimate of drug-likeness (QED) is 0.798. The highest BCUT2D eigenvalue weighted by Crippen LogP contribution is 2.02. The van der Waals surface area contributed by atoms with Gasteiger partial charge in [-0.2, -0.15) is 0 Å². The average molecular weight is 294 g/mol. The first kappa shape index (κ1) is 17.1. The molecule has 5 heteroatoms. The third-order valence-corrected chi connectivity index (χ3v) is 3.21. The van der Waals surface area contributed by atoms with Crippen LogP contribution in [-0.2, 0) is 16.0 Å². The first-order chi connectivity index (χ1) is 10.0. The second kappa shape index (κ2) is 9.10. The van der Waals surface area contributed by atoms with Gasteiger partial charge in [-0.1, -0.05) is 25.5 Å². The smallest absolute Gasteiger partial charge is 0.239 e. The van der Waals surface area contributed by atoms with Crippen LogP contribution in [-0.4, -0.2) is 36.3 Å². The van der Waals surface area contributed by atoms with E-state index in [4.69, 9.17) is 0 Å². The Morgan fingerprint density at radius 2 is 1.90 bits per heavy atom.